The van der Waals surface area contributed by atoms with E-state index < -0.39 is 5.91 Å². The Bertz CT molecular complexity index is 653. The van der Waals surface area contributed by atoms with Crippen LogP contribution in [0.4, 0.5) is 0 Å². The molecule has 2 N–H and O–H groups in total. The van der Waals surface area contributed by atoms with E-state index in [1.807, 2.05) is 0 Å². The first-order valence-electron chi connectivity index (χ1n) is 5.86. The second kappa shape index (κ2) is 5.88. The first kappa shape index (κ1) is 13.6. The van der Waals surface area contributed by atoms with Crippen molar-refractivity contribution in [2.24, 2.45) is 5.73 Å². The van der Waals surface area contributed by atoms with Gasteiger partial charge in [-0.05, 0) is 30.3 Å². The summed E-state index contributed by atoms with van der Waals surface area (Å²) in [7, 11) is 1.33. The highest BCUT2D eigenvalue weighted by Gasteiger charge is 2.07. The molecule has 0 unspecified atom stereocenters. The zero-order valence-electron chi connectivity index (χ0n) is 10.8. The predicted octanol–water partition coefficient (Wildman–Crippen LogP) is 2.23. The molecule has 0 atom stereocenters. The number of benzene rings is 1. The van der Waals surface area contributed by atoms with Crippen molar-refractivity contribution >= 4 is 18.0 Å². The molecule has 2 rings (SSSR count). The number of hydrogen-bond acceptors (Lipinski definition) is 4. The Morgan fingerprint density at radius 2 is 1.85 bits per heavy atom. The van der Waals surface area contributed by atoms with Crippen molar-refractivity contribution in [1.82, 2.24) is 0 Å². The summed E-state index contributed by atoms with van der Waals surface area (Å²) in [5.41, 5.74) is 6.29. The molecule has 2 aromatic rings. The van der Waals surface area contributed by atoms with Gasteiger partial charge in [-0.2, -0.15) is 0 Å². The van der Waals surface area contributed by atoms with Crippen molar-refractivity contribution in [3.8, 4) is 11.3 Å². The largest absolute Gasteiger partial charge is 0.465 e. The molecule has 5 nitrogen and oxygen atoms in total. The molecule has 0 fully saturated rings. The van der Waals surface area contributed by atoms with Crippen molar-refractivity contribution in [1.29, 1.82) is 0 Å². The molecule has 0 spiro atoms. The van der Waals surface area contributed by atoms with Crippen LogP contribution in [0.5, 0.6) is 0 Å². The van der Waals surface area contributed by atoms with Gasteiger partial charge in [0.05, 0.1) is 12.7 Å². The highest BCUT2D eigenvalue weighted by molar-refractivity contribution is 5.90. The maximum absolute atomic E-state index is 11.3. The highest BCUT2D eigenvalue weighted by atomic mass is 16.5. The third-order valence-corrected chi connectivity index (χ3v) is 2.63. The Morgan fingerprint density at radius 1 is 1.15 bits per heavy atom. The molecule has 1 amide bonds. The lowest BCUT2D eigenvalue weighted by Crippen LogP contribution is -2.04. The number of hydrogen-bond donors (Lipinski definition) is 1. The summed E-state index contributed by atoms with van der Waals surface area (Å²) in [4.78, 5) is 21.9. The van der Waals surface area contributed by atoms with Crippen LogP contribution in [0.1, 0.15) is 16.1 Å². The third kappa shape index (κ3) is 3.14. The van der Waals surface area contributed by atoms with E-state index >= 15 is 0 Å². The Morgan fingerprint density at radius 3 is 2.45 bits per heavy atom. The number of primary amides is 1. The summed E-state index contributed by atoms with van der Waals surface area (Å²) in [6.45, 7) is 0. The van der Waals surface area contributed by atoms with E-state index in [1.54, 1.807) is 36.4 Å². The summed E-state index contributed by atoms with van der Waals surface area (Å²) < 4.78 is 10.2. The average Bonchev–Trinajstić information content (AvgIpc) is 2.93. The average molecular weight is 271 g/mol. The van der Waals surface area contributed by atoms with Gasteiger partial charge in [-0.25, -0.2) is 4.79 Å². The van der Waals surface area contributed by atoms with E-state index in [-0.39, 0.29) is 5.97 Å². The monoisotopic (exact) mass is 271 g/mol. The summed E-state index contributed by atoms with van der Waals surface area (Å²) in [6.07, 6.45) is 2.72. The van der Waals surface area contributed by atoms with Gasteiger partial charge in [-0.3, -0.25) is 4.79 Å². The molecule has 0 aliphatic carbocycles. The van der Waals surface area contributed by atoms with Crippen molar-refractivity contribution in [3.63, 3.8) is 0 Å². The molecule has 1 aromatic carbocycles. The maximum atomic E-state index is 11.3. The first-order chi connectivity index (χ1) is 9.60. The zero-order valence-corrected chi connectivity index (χ0v) is 10.8. The van der Waals surface area contributed by atoms with Crippen molar-refractivity contribution in [3.05, 3.63) is 53.8 Å². The highest BCUT2D eigenvalue weighted by Crippen LogP contribution is 2.23. The Balaban J connectivity index is 2.20. The van der Waals surface area contributed by atoms with Crippen LogP contribution < -0.4 is 5.73 Å². The van der Waals surface area contributed by atoms with E-state index in [0.717, 1.165) is 5.56 Å². The smallest absolute Gasteiger partial charge is 0.337 e. The van der Waals surface area contributed by atoms with Gasteiger partial charge in [0.25, 0.3) is 0 Å². The van der Waals surface area contributed by atoms with Gasteiger partial charge in [-0.15, -0.1) is 0 Å². The van der Waals surface area contributed by atoms with Crippen molar-refractivity contribution in [2.45, 2.75) is 0 Å². The van der Waals surface area contributed by atoms with Crippen LogP contribution in [0, 0.1) is 0 Å². The molecule has 0 radical (unpaired) electrons. The number of nitrogens with two attached hydrogens (primary N) is 1. The first-order valence-corrected chi connectivity index (χ1v) is 5.86. The number of amides is 1. The van der Waals surface area contributed by atoms with Crippen molar-refractivity contribution in [2.75, 3.05) is 7.11 Å². The van der Waals surface area contributed by atoms with Gasteiger partial charge in [0, 0.05) is 11.6 Å². The minimum atomic E-state index is -0.537. The standard InChI is InChI=1S/C15H13NO4/c1-19-15(18)11-4-2-10(3-5-11)13-8-6-12(20-13)7-9-14(16)17/h2-9H,1H3,(H2,16,17)/b9-7+. The molecular formula is C15H13NO4. The second-order valence-corrected chi connectivity index (χ2v) is 4.01. The number of furan rings is 1. The number of carbonyl (C=O) groups is 2. The minimum absolute atomic E-state index is 0.388. The molecule has 0 saturated heterocycles. The van der Waals surface area contributed by atoms with Crippen LogP contribution in [0.15, 0.2) is 46.9 Å². The van der Waals surface area contributed by atoms with E-state index in [1.165, 1.54) is 19.3 Å². The van der Waals surface area contributed by atoms with Gasteiger partial charge in [0.2, 0.25) is 5.91 Å². The number of methoxy groups -OCH3 is 1. The predicted molar refractivity (Wildman–Crippen MR) is 73.7 cm³/mol. The molecule has 1 aromatic heterocycles. The summed E-state index contributed by atoms with van der Waals surface area (Å²) >= 11 is 0. The van der Waals surface area contributed by atoms with E-state index in [4.69, 9.17) is 10.2 Å². The normalized spacial score (nSPS) is 10.7. The lowest BCUT2D eigenvalue weighted by molar-refractivity contribution is -0.113. The Kier molecular flexibility index (Phi) is 4.00. The SMILES string of the molecule is COC(=O)c1ccc(-c2ccc(/C=C/C(N)=O)o2)cc1. The molecule has 102 valence electrons. The van der Waals surface area contributed by atoms with Gasteiger partial charge >= 0.3 is 5.97 Å². The van der Waals surface area contributed by atoms with Crippen LogP contribution in [0.3, 0.4) is 0 Å². The third-order valence-electron chi connectivity index (χ3n) is 2.63. The molecule has 0 saturated carbocycles. The lowest BCUT2D eigenvalue weighted by Gasteiger charge is -2.00. The van der Waals surface area contributed by atoms with Crippen LogP contribution in [0.2, 0.25) is 0 Å². The van der Waals surface area contributed by atoms with Crippen LogP contribution in [-0.4, -0.2) is 19.0 Å². The topological polar surface area (TPSA) is 82.5 Å². The fourth-order valence-electron chi connectivity index (χ4n) is 1.65. The van der Waals surface area contributed by atoms with Crippen LogP contribution >= 0.6 is 0 Å². The van der Waals surface area contributed by atoms with E-state index in [2.05, 4.69) is 4.74 Å². The maximum Gasteiger partial charge on any atom is 0.337 e. The molecule has 20 heavy (non-hydrogen) atoms. The summed E-state index contributed by atoms with van der Waals surface area (Å²) in [5, 5.41) is 0. The Labute approximate surface area is 115 Å². The molecule has 5 heteroatoms. The van der Waals surface area contributed by atoms with Gasteiger partial charge in [-0.1, -0.05) is 12.1 Å². The number of ether oxygens (including phenoxy) is 1. The zero-order chi connectivity index (χ0) is 14.5. The van der Waals surface area contributed by atoms with E-state index in [9.17, 15) is 9.59 Å². The fraction of sp³-hybridized carbons (Fsp3) is 0.0667. The summed E-state index contributed by atoms with van der Waals surface area (Å²) in [5.74, 6) is 0.229. The number of rotatable bonds is 4. The van der Waals surface area contributed by atoms with Gasteiger partial charge in [0.15, 0.2) is 0 Å². The van der Waals surface area contributed by atoms with Gasteiger partial charge in [0.1, 0.15) is 11.5 Å². The molecular weight excluding hydrogens is 258 g/mol. The van der Waals surface area contributed by atoms with Crippen molar-refractivity contribution < 1.29 is 18.7 Å². The fourth-order valence-corrected chi connectivity index (χ4v) is 1.65. The molecule has 0 aliphatic heterocycles. The minimum Gasteiger partial charge on any atom is -0.465 e. The second-order valence-electron chi connectivity index (χ2n) is 4.01. The number of esters is 1. The molecule has 0 bridgehead atoms. The van der Waals surface area contributed by atoms with Crippen LogP contribution in [-0.2, 0) is 9.53 Å². The summed E-state index contributed by atoms with van der Waals surface area (Å²) in [6, 6.07) is 10.3. The molecule has 1 heterocycles. The molecule has 0 aliphatic rings. The lowest BCUT2D eigenvalue weighted by atomic mass is 10.1. The number of carbonyl (C=O) groups excluding carboxylic acids is 2. The Hall–Kier alpha value is -2.82. The quantitative estimate of drug-likeness (QED) is 0.682. The van der Waals surface area contributed by atoms with E-state index in [0.29, 0.717) is 17.1 Å². The van der Waals surface area contributed by atoms with Crippen LogP contribution in [0.25, 0.3) is 17.4 Å². The van der Waals surface area contributed by atoms with Gasteiger partial charge < -0.3 is 14.9 Å².